The van der Waals surface area contributed by atoms with Gasteiger partial charge in [-0.2, -0.15) is 0 Å². The zero-order valence-electron chi connectivity index (χ0n) is 11.3. The number of aromatic nitrogens is 1. The average molecular weight is 321 g/mol. The summed E-state index contributed by atoms with van der Waals surface area (Å²) < 4.78 is 2.70. The molecule has 0 saturated heterocycles. The zero-order valence-corrected chi connectivity index (χ0v) is 12.9. The second-order valence-corrected chi connectivity index (χ2v) is 5.80. The van der Waals surface area contributed by atoms with Gasteiger partial charge in [-0.05, 0) is 45.6 Å². The highest BCUT2D eigenvalue weighted by atomic mass is 79.9. The van der Waals surface area contributed by atoms with Crippen molar-refractivity contribution in [2.45, 2.75) is 19.8 Å². The number of halogens is 1. The molecule has 0 atom stereocenters. The molecule has 0 bridgehead atoms. The first-order chi connectivity index (χ1) is 8.97. The number of nitrogens with one attached hydrogen (secondary N) is 1. The molecule has 100 valence electrons. The molecule has 0 fully saturated rings. The van der Waals surface area contributed by atoms with Gasteiger partial charge in [-0.25, -0.2) is 0 Å². The first-order valence-corrected chi connectivity index (χ1v) is 7.00. The highest BCUT2D eigenvalue weighted by Gasteiger charge is 2.11. The number of carbonyl (C=O) groups is 1. The molecular formula is C15H17BrN2O. The molecule has 0 radical (unpaired) electrons. The molecule has 4 heteroatoms. The summed E-state index contributed by atoms with van der Waals surface area (Å²) in [6.07, 6.45) is 1.86. The summed E-state index contributed by atoms with van der Waals surface area (Å²) in [5.74, 6) is 0.343. The monoisotopic (exact) mass is 320 g/mol. The molecule has 2 aromatic rings. The Morgan fingerprint density at radius 1 is 1.32 bits per heavy atom. The van der Waals surface area contributed by atoms with Gasteiger partial charge in [0.15, 0.2) is 0 Å². The Morgan fingerprint density at radius 3 is 2.63 bits per heavy atom. The van der Waals surface area contributed by atoms with E-state index in [0.717, 1.165) is 10.2 Å². The van der Waals surface area contributed by atoms with E-state index in [1.807, 2.05) is 37.5 Å². The van der Waals surface area contributed by atoms with E-state index in [2.05, 4.69) is 41.2 Å². The molecule has 1 amide bonds. The Labute approximate surface area is 121 Å². The van der Waals surface area contributed by atoms with Crippen LogP contribution in [0.4, 0.5) is 5.69 Å². The van der Waals surface area contributed by atoms with Crippen LogP contribution in [-0.2, 0) is 7.05 Å². The largest absolute Gasteiger partial charge is 0.345 e. The van der Waals surface area contributed by atoms with Gasteiger partial charge in [-0.15, -0.1) is 0 Å². The molecule has 0 aliphatic heterocycles. The van der Waals surface area contributed by atoms with Crippen LogP contribution >= 0.6 is 15.9 Å². The highest BCUT2D eigenvalue weighted by Crippen LogP contribution is 2.20. The third-order valence-electron chi connectivity index (χ3n) is 3.02. The number of benzene rings is 1. The molecule has 0 aliphatic carbocycles. The minimum absolute atomic E-state index is 0.103. The average Bonchev–Trinajstić information content (AvgIpc) is 2.69. The minimum atomic E-state index is -0.103. The summed E-state index contributed by atoms with van der Waals surface area (Å²) in [6.45, 7) is 4.27. The van der Waals surface area contributed by atoms with Crippen LogP contribution < -0.4 is 5.32 Å². The number of aryl methyl sites for hydroxylation is 1. The van der Waals surface area contributed by atoms with Crippen LogP contribution in [0, 0.1) is 0 Å². The molecule has 0 spiro atoms. The van der Waals surface area contributed by atoms with Gasteiger partial charge in [0.1, 0.15) is 5.69 Å². The number of carbonyl (C=O) groups excluding carboxylic acids is 1. The second-order valence-electron chi connectivity index (χ2n) is 4.89. The van der Waals surface area contributed by atoms with E-state index < -0.39 is 0 Å². The van der Waals surface area contributed by atoms with E-state index in [-0.39, 0.29) is 5.91 Å². The van der Waals surface area contributed by atoms with Crippen LogP contribution in [0.1, 0.15) is 35.8 Å². The van der Waals surface area contributed by atoms with Gasteiger partial charge >= 0.3 is 0 Å². The van der Waals surface area contributed by atoms with E-state index >= 15 is 0 Å². The summed E-state index contributed by atoms with van der Waals surface area (Å²) >= 11 is 3.37. The van der Waals surface area contributed by atoms with E-state index in [4.69, 9.17) is 0 Å². The molecule has 2 rings (SSSR count). The SMILES string of the molecule is CC(C)c1cccc(NC(=O)c2cc(Br)cn2C)c1. The van der Waals surface area contributed by atoms with Crippen LogP contribution in [0.5, 0.6) is 0 Å². The lowest BCUT2D eigenvalue weighted by atomic mass is 10.0. The summed E-state index contributed by atoms with van der Waals surface area (Å²) in [7, 11) is 1.85. The number of amides is 1. The summed E-state index contributed by atoms with van der Waals surface area (Å²) in [5.41, 5.74) is 2.67. The van der Waals surface area contributed by atoms with Crippen molar-refractivity contribution in [1.29, 1.82) is 0 Å². The van der Waals surface area contributed by atoms with Gasteiger partial charge in [0.25, 0.3) is 5.91 Å². The van der Waals surface area contributed by atoms with E-state index in [1.165, 1.54) is 5.56 Å². The lowest BCUT2D eigenvalue weighted by molar-refractivity contribution is 0.101. The van der Waals surface area contributed by atoms with Crippen LogP contribution in [0.15, 0.2) is 41.0 Å². The predicted molar refractivity (Wildman–Crippen MR) is 81.6 cm³/mol. The third-order valence-corrected chi connectivity index (χ3v) is 3.45. The number of anilines is 1. The lowest BCUT2D eigenvalue weighted by Gasteiger charge is -2.09. The van der Waals surface area contributed by atoms with Gasteiger partial charge in [-0.3, -0.25) is 4.79 Å². The number of hydrogen-bond acceptors (Lipinski definition) is 1. The van der Waals surface area contributed by atoms with E-state index in [1.54, 1.807) is 4.57 Å². The summed E-state index contributed by atoms with van der Waals surface area (Å²) in [4.78, 5) is 12.2. The fourth-order valence-corrected chi connectivity index (χ4v) is 2.44. The van der Waals surface area contributed by atoms with E-state index in [0.29, 0.717) is 11.6 Å². The van der Waals surface area contributed by atoms with Crippen LogP contribution in [0.25, 0.3) is 0 Å². The first kappa shape index (κ1) is 13.9. The molecule has 1 aromatic carbocycles. The van der Waals surface area contributed by atoms with E-state index in [9.17, 15) is 4.79 Å². The Hall–Kier alpha value is -1.55. The maximum Gasteiger partial charge on any atom is 0.272 e. The van der Waals surface area contributed by atoms with Crippen LogP contribution in [0.2, 0.25) is 0 Å². The molecule has 1 aromatic heterocycles. The maximum absolute atomic E-state index is 12.2. The van der Waals surface area contributed by atoms with Crippen molar-refractivity contribution in [2.24, 2.45) is 7.05 Å². The van der Waals surface area contributed by atoms with Crippen LogP contribution in [0.3, 0.4) is 0 Å². The highest BCUT2D eigenvalue weighted by molar-refractivity contribution is 9.10. The number of nitrogens with zero attached hydrogens (tertiary/aromatic N) is 1. The topological polar surface area (TPSA) is 34.0 Å². The Bertz CT molecular complexity index is 602. The fourth-order valence-electron chi connectivity index (χ4n) is 1.92. The molecule has 19 heavy (non-hydrogen) atoms. The summed E-state index contributed by atoms with van der Waals surface area (Å²) in [5, 5.41) is 2.93. The van der Waals surface area contributed by atoms with Crippen molar-refractivity contribution >= 4 is 27.5 Å². The van der Waals surface area contributed by atoms with Gasteiger partial charge in [0, 0.05) is 23.4 Å². The molecule has 3 nitrogen and oxygen atoms in total. The molecule has 1 heterocycles. The van der Waals surface area contributed by atoms with Crippen LogP contribution in [-0.4, -0.2) is 10.5 Å². The van der Waals surface area contributed by atoms with Gasteiger partial charge in [0.05, 0.1) is 0 Å². The fraction of sp³-hybridized carbons (Fsp3) is 0.267. The van der Waals surface area contributed by atoms with Crippen molar-refractivity contribution in [1.82, 2.24) is 4.57 Å². The Kier molecular flexibility index (Phi) is 4.10. The van der Waals surface area contributed by atoms with Crippen molar-refractivity contribution in [3.63, 3.8) is 0 Å². The molecule has 0 unspecified atom stereocenters. The molecular weight excluding hydrogens is 304 g/mol. The summed E-state index contributed by atoms with van der Waals surface area (Å²) in [6, 6.07) is 9.76. The molecule has 1 N–H and O–H groups in total. The van der Waals surface area contributed by atoms with Gasteiger partial charge in [0.2, 0.25) is 0 Å². The quantitative estimate of drug-likeness (QED) is 0.905. The predicted octanol–water partition coefficient (Wildman–Crippen LogP) is 4.16. The third kappa shape index (κ3) is 3.26. The normalized spacial score (nSPS) is 10.8. The minimum Gasteiger partial charge on any atom is -0.345 e. The Balaban J connectivity index is 2.19. The van der Waals surface area contributed by atoms with Crippen molar-refractivity contribution in [3.05, 3.63) is 52.3 Å². The lowest BCUT2D eigenvalue weighted by Crippen LogP contribution is -2.15. The Morgan fingerprint density at radius 2 is 2.05 bits per heavy atom. The van der Waals surface area contributed by atoms with Crippen molar-refractivity contribution < 1.29 is 4.79 Å². The van der Waals surface area contributed by atoms with Gasteiger partial charge < -0.3 is 9.88 Å². The number of rotatable bonds is 3. The maximum atomic E-state index is 12.2. The smallest absolute Gasteiger partial charge is 0.272 e. The molecule has 0 saturated carbocycles. The van der Waals surface area contributed by atoms with Crippen molar-refractivity contribution in [3.8, 4) is 0 Å². The van der Waals surface area contributed by atoms with Crippen molar-refractivity contribution in [2.75, 3.05) is 5.32 Å². The standard InChI is InChI=1S/C15H17BrN2O/c1-10(2)11-5-4-6-13(7-11)17-15(19)14-8-12(16)9-18(14)3/h4-10H,1-3H3,(H,17,19). The number of hydrogen-bond donors (Lipinski definition) is 1. The molecule has 0 aliphatic rings. The second kappa shape index (κ2) is 5.61. The zero-order chi connectivity index (χ0) is 14.0. The first-order valence-electron chi connectivity index (χ1n) is 6.20. The van der Waals surface area contributed by atoms with Gasteiger partial charge in [-0.1, -0.05) is 26.0 Å².